The Morgan fingerprint density at radius 2 is 1.75 bits per heavy atom. The minimum absolute atomic E-state index is 0.127. The van der Waals surface area contributed by atoms with Crippen molar-refractivity contribution >= 4 is 17.5 Å². The Morgan fingerprint density at radius 1 is 1.04 bits per heavy atom. The average molecular weight is 357 g/mol. The number of hydrogen-bond acceptors (Lipinski definition) is 4. The van der Waals surface area contributed by atoms with Gasteiger partial charge < -0.3 is 4.90 Å². The highest BCUT2D eigenvalue weighted by Gasteiger charge is 2.33. The summed E-state index contributed by atoms with van der Waals surface area (Å²) in [4.78, 5) is 11.6. The van der Waals surface area contributed by atoms with Gasteiger partial charge in [0.1, 0.15) is 5.69 Å². The Morgan fingerprint density at radius 3 is 2.42 bits per heavy atom. The van der Waals surface area contributed by atoms with Crippen LogP contribution in [-0.4, -0.2) is 41.0 Å². The van der Waals surface area contributed by atoms with Crippen molar-refractivity contribution in [3.8, 4) is 0 Å². The summed E-state index contributed by atoms with van der Waals surface area (Å²) in [5.41, 5.74) is 0.133. The highest BCUT2D eigenvalue weighted by atomic mass is 35.5. The molecular weight excluding hydrogens is 341 g/mol. The molecule has 2 heterocycles. The van der Waals surface area contributed by atoms with Gasteiger partial charge in [0.25, 0.3) is 0 Å². The standard InChI is InChI=1S/C16H16ClF3N4/c17-13-4-2-1-3-12(13)11-23-7-9-24(10-8-23)15-21-6-5-14(22-15)16(18,19)20/h1-6H,7-11H2. The van der Waals surface area contributed by atoms with Crippen LogP contribution in [0, 0.1) is 0 Å². The van der Waals surface area contributed by atoms with Crippen molar-refractivity contribution in [3.63, 3.8) is 0 Å². The fourth-order valence-corrected chi connectivity index (χ4v) is 2.83. The summed E-state index contributed by atoms with van der Waals surface area (Å²) in [5.74, 6) is 0.127. The SMILES string of the molecule is FC(F)(F)c1ccnc(N2CCN(Cc3ccccc3Cl)CC2)n1. The number of alkyl halides is 3. The van der Waals surface area contributed by atoms with Crippen molar-refractivity contribution in [3.05, 3.63) is 52.8 Å². The van der Waals surface area contributed by atoms with Crippen LogP contribution in [0.3, 0.4) is 0 Å². The molecule has 24 heavy (non-hydrogen) atoms. The minimum Gasteiger partial charge on any atom is -0.338 e. The Hall–Kier alpha value is -1.86. The summed E-state index contributed by atoms with van der Waals surface area (Å²) >= 11 is 6.16. The summed E-state index contributed by atoms with van der Waals surface area (Å²) in [6, 6.07) is 8.54. The molecule has 0 amide bonds. The van der Waals surface area contributed by atoms with E-state index in [0.717, 1.165) is 29.4 Å². The summed E-state index contributed by atoms with van der Waals surface area (Å²) in [5, 5.41) is 0.723. The lowest BCUT2D eigenvalue weighted by Crippen LogP contribution is -2.46. The van der Waals surface area contributed by atoms with E-state index in [1.807, 2.05) is 24.3 Å². The second-order valence-corrected chi connectivity index (χ2v) is 6.00. The molecule has 1 aliphatic rings. The molecule has 1 saturated heterocycles. The molecular formula is C16H16ClF3N4. The van der Waals surface area contributed by atoms with Crippen molar-refractivity contribution < 1.29 is 13.2 Å². The van der Waals surface area contributed by atoms with E-state index >= 15 is 0 Å². The third-order valence-corrected chi connectivity index (χ3v) is 4.31. The maximum atomic E-state index is 12.7. The lowest BCUT2D eigenvalue weighted by molar-refractivity contribution is -0.141. The highest BCUT2D eigenvalue weighted by molar-refractivity contribution is 6.31. The van der Waals surface area contributed by atoms with E-state index in [4.69, 9.17) is 11.6 Å². The quantitative estimate of drug-likeness (QED) is 0.843. The third-order valence-electron chi connectivity index (χ3n) is 3.94. The van der Waals surface area contributed by atoms with Gasteiger partial charge in [-0.25, -0.2) is 9.97 Å². The van der Waals surface area contributed by atoms with Crippen molar-refractivity contribution in [2.24, 2.45) is 0 Å². The Labute approximate surface area is 142 Å². The van der Waals surface area contributed by atoms with E-state index in [9.17, 15) is 13.2 Å². The van der Waals surface area contributed by atoms with E-state index < -0.39 is 11.9 Å². The van der Waals surface area contributed by atoms with Crippen molar-refractivity contribution in [1.29, 1.82) is 0 Å². The number of rotatable bonds is 3. The lowest BCUT2D eigenvalue weighted by Gasteiger charge is -2.35. The van der Waals surface area contributed by atoms with E-state index in [-0.39, 0.29) is 5.95 Å². The Kier molecular flexibility index (Phi) is 4.91. The average Bonchev–Trinajstić information content (AvgIpc) is 2.57. The maximum absolute atomic E-state index is 12.7. The van der Waals surface area contributed by atoms with E-state index in [1.165, 1.54) is 0 Å². The van der Waals surface area contributed by atoms with E-state index in [0.29, 0.717) is 26.2 Å². The number of nitrogens with zero attached hydrogens (tertiary/aromatic N) is 4. The van der Waals surface area contributed by atoms with Crippen molar-refractivity contribution in [2.75, 3.05) is 31.1 Å². The van der Waals surface area contributed by atoms with Gasteiger partial charge in [-0.1, -0.05) is 29.8 Å². The molecule has 0 bridgehead atoms. The molecule has 4 nitrogen and oxygen atoms in total. The predicted molar refractivity (Wildman–Crippen MR) is 86.0 cm³/mol. The second kappa shape index (κ2) is 6.94. The molecule has 0 atom stereocenters. The second-order valence-electron chi connectivity index (χ2n) is 5.59. The van der Waals surface area contributed by atoms with Gasteiger partial charge in [0, 0.05) is 43.9 Å². The predicted octanol–water partition coefficient (Wildman–Crippen LogP) is 3.47. The van der Waals surface area contributed by atoms with Gasteiger partial charge in [-0.3, -0.25) is 4.90 Å². The first-order valence-corrected chi connectivity index (χ1v) is 7.92. The number of aromatic nitrogens is 2. The molecule has 0 N–H and O–H groups in total. The fraction of sp³-hybridized carbons (Fsp3) is 0.375. The molecule has 128 valence electrons. The summed E-state index contributed by atoms with van der Waals surface area (Å²) in [6.45, 7) is 3.30. The number of anilines is 1. The zero-order valence-electron chi connectivity index (χ0n) is 12.8. The summed E-state index contributed by atoms with van der Waals surface area (Å²) < 4.78 is 38.2. The molecule has 3 rings (SSSR count). The molecule has 0 radical (unpaired) electrons. The summed E-state index contributed by atoms with van der Waals surface area (Å²) in [7, 11) is 0. The van der Waals surface area contributed by atoms with E-state index in [2.05, 4.69) is 14.9 Å². The molecule has 0 spiro atoms. The largest absolute Gasteiger partial charge is 0.433 e. The molecule has 8 heteroatoms. The zero-order chi connectivity index (χ0) is 17.2. The van der Waals surface area contributed by atoms with Gasteiger partial charge in [0.2, 0.25) is 5.95 Å². The van der Waals surface area contributed by atoms with Crippen LogP contribution < -0.4 is 4.90 Å². The van der Waals surface area contributed by atoms with Crippen LogP contribution in [0.4, 0.5) is 19.1 Å². The zero-order valence-corrected chi connectivity index (χ0v) is 13.6. The highest BCUT2D eigenvalue weighted by Crippen LogP contribution is 2.28. The number of halogens is 4. The van der Waals surface area contributed by atoms with Gasteiger partial charge in [-0.05, 0) is 17.7 Å². The first kappa shape index (κ1) is 17.0. The van der Waals surface area contributed by atoms with Crippen LogP contribution in [0.5, 0.6) is 0 Å². The Balaban J connectivity index is 1.62. The monoisotopic (exact) mass is 356 g/mol. The maximum Gasteiger partial charge on any atom is 0.433 e. The number of hydrogen-bond donors (Lipinski definition) is 0. The Bertz CT molecular complexity index is 700. The van der Waals surface area contributed by atoms with Crippen LogP contribution in [0.15, 0.2) is 36.5 Å². The van der Waals surface area contributed by atoms with Crippen LogP contribution in [0.25, 0.3) is 0 Å². The topological polar surface area (TPSA) is 32.3 Å². The first-order valence-electron chi connectivity index (χ1n) is 7.54. The van der Waals surface area contributed by atoms with Crippen LogP contribution in [-0.2, 0) is 12.7 Å². The molecule has 1 fully saturated rings. The fourth-order valence-electron chi connectivity index (χ4n) is 2.63. The van der Waals surface area contributed by atoms with Gasteiger partial charge in [0.15, 0.2) is 0 Å². The van der Waals surface area contributed by atoms with E-state index in [1.54, 1.807) is 4.90 Å². The van der Waals surface area contributed by atoms with Crippen molar-refractivity contribution in [2.45, 2.75) is 12.7 Å². The number of piperazine rings is 1. The van der Waals surface area contributed by atoms with Gasteiger partial charge in [0.05, 0.1) is 0 Å². The first-order chi connectivity index (χ1) is 11.4. The van der Waals surface area contributed by atoms with Crippen LogP contribution >= 0.6 is 11.6 Å². The lowest BCUT2D eigenvalue weighted by atomic mass is 10.2. The molecule has 1 aromatic carbocycles. The van der Waals surface area contributed by atoms with Crippen LogP contribution in [0.1, 0.15) is 11.3 Å². The van der Waals surface area contributed by atoms with Gasteiger partial charge >= 0.3 is 6.18 Å². The normalized spacial score (nSPS) is 16.4. The molecule has 0 saturated carbocycles. The smallest absolute Gasteiger partial charge is 0.338 e. The molecule has 0 unspecified atom stereocenters. The third kappa shape index (κ3) is 3.96. The molecule has 0 aliphatic carbocycles. The summed E-state index contributed by atoms with van der Waals surface area (Å²) in [6.07, 6.45) is -3.30. The molecule has 1 aromatic heterocycles. The van der Waals surface area contributed by atoms with Gasteiger partial charge in [-0.2, -0.15) is 13.2 Å². The van der Waals surface area contributed by atoms with Crippen LogP contribution in [0.2, 0.25) is 5.02 Å². The number of benzene rings is 1. The van der Waals surface area contributed by atoms with Crippen molar-refractivity contribution in [1.82, 2.24) is 14.9 Å². The van der Waals surface area contributed by atoms with Gasteiger partial charge in [-0.15, -0.1) is 0 Å². The minimum atomic E-state index is -4.45. The molecule has 2 aromatic rings. The molecule has 1 aliphatic heterocycles.